The van der Waals surface area contributed by atoms with E-state index in [0.717, 1.165) is 0 Å². The molecule has 0 spiro atoms. The van der Waals surface area contributed by atoms with Crippen molar-refractivity contribution < 1.29 is 0 Å². The molecular weight excluding hydrogens is 192 g/mol. The van der Waals surface area contributed by atoms with Gasteiger partial charge >= 0.3 is 0 Å². The summed E-state index contributed by atoms with van der Waals surface area (Å²) in [4.78, 5) is 0. The van der Waals surface area contributed by atoms with Crippen molar-refractivity contribution in [2.75, 3.05) is 0 Å². The van der Waals surface area contributed by atoms with Gasteiger partial charge in [0, 0.05) is 0 Å². The minimum Gasteiger partial charge on any atom is -0.0998 e. The van der Waals surface area contributed by atoms with Crippen molar-refractivity contribution in [2.45, 2.75) is 59.3 Å². The van der Waals surface area contributed by atoms with E-state index in [0.29, 0.717) is 5.92 Å². The molecule has 0 aromatic heterocycles. The molecule has 0 bridgehead atoms. The van der Waals surface area contributed by atoms with E-state index in [1.807, 2.05) is 0 Å². The summed E-state index contributed by atoms with van der Waals surface area (Å²) in [5.41, 5.74) is 4.53. The zero-order valence-corrected chi connectivity index (χ0v) is 11.2. The van der Waals surface area contributed by atoms with Crippen LogP contribution >= 0.6 is 0 Å². The van der Waals surface area contributed by atoms with E-state index in [2.05, 4.69) is 39.5 Å². The van der Waals surface area contributed by atoms with Gasteiger partial charge in [0.25, 0.3) is 0 Å². The fourth-order valence-corrected chi connectivity index (χ4v) is 2.31. The summed E-state index contributed by atoms with van der Waals surface area (Å²) in [6.07, 6.45) is 12.3. The van der Waals surface area contributed by atoms with Gasteiger partial charge in [-0.15, -0.1) is 0 Å². The minimum atomic E-state index is 0.683. The molecule has 0 saturated heterocycles. The first-order valence-electron chi connectivity index (χ1n) is 6.62. The number of rotatable bonds is 2. The molecule has 0 saturated carbocycles. The Morgan fingerprint density at radius 3 is 2.75 bits per heavy atom. The number of hydrogen-bond donors (Lipinski definition) is 0. The van der Waals surface area contributed by atoms with Crippen LogP contribution in [0, 0.1) is 5.92 Å². The van der Waals surface area contributed by atoms with Gasteiger partial charge in [-0.3, -0.25) is 0 Å². The van der Waals surface area contributed by atoms with E-state index in [9.17, 15) is 0 Å². The summed E-state index contributed by atoms with van der Waals surface area (Å²) in [7, 11) is 0. The van der Waals surface area contributed by atoms with Crippen molar-refractivity contribution in [2.24, 2.45) is 5.92 Å². The third-order valence-electron chi connectivity index (χ3n) is 3.69. The molecular formula is C16H26. The molecule has 1 aliphatic rings. The van der Waals surface area contributed by atoms with Crippen LogP contribution in [-0.4, -0.2) is 0 Å². The average molecular weight is 218 g/mol. The predicted molar refractivity (Wildman–Crippen MR) is 73.5 cm³/mol. The van der Waals surface area contributed by atoms with Gasteiger partial charge in [-0.25, -0.2) is 0 Å². The summed E-state index contributed by atoms with van der Waals surface area (Å²) in [6.45, 7) is 10.8. The molecule has 0 amide bonds. The van der Waals surface area contributed by atoms with Gasteiger partial charge < -0.3 is 0 Å². The molecule has 1 rings (SSSR count). The fraction of sp³-hybridized carbons (Fsp3) is 0.625. The Morgan fingerprint density at radius 1 is 1.38 bits per heavy atom. The highest BCUT2D eigenvalue weighted by Crippen LogP contribution is 2.26. The molecule has 0 unspecified atom stereocenters. The Kier molecular flexibility index (Phi) is 5.59. The lowest BCUT2D eigenvalue weighted by Crippen LogP contribution is -2.02. The quantitative estimate of drug-likeness (QED) is 0.542. The SMILES string of the molecule is C=C(C)[C@H]1C/C=C(/CC)CC/C=C(/C)CC1. The Bertz CT molecular complexity index is 291. The third kappa shape index (κ3) is 4.38. The van der Waals surface area contributed by atoms with E-state index < -0.39 is 0 Å². The second kappa shape index (κ2) is 6.73. The molecule has 0 N–H and O–H groups in total. The molecule has 0 nitrogen and oxygen atoms in total. The van der Waals surface area contributed by atoms with Gasteiger partial charge in [0.05, 0.1) is 0 Å². The normalized spacial score (nSPS) is 29.8. The molecule has 0 aromatic rings. The summed E-state index contributed by atoms with van der Waals surface area (Å²) < 4.78 is 0. The first kappa shape index (κ1) is 13.3. The van der Waals surface area contributed by atoms with E-state index in [1.165, 1.54) is 44.1 Å². The molecule has 0 aromatic carbocycles. The summed E-state index contributed by atoms with van der Waals surface area (Å²) >= 11 is 0. The smallest absolute Gasteiger partial charge is 0.0171 e. The summed E-state index contributed by atoms with van der Waals surface area (Å²) in [6, 6.07) is 0. The van der Waals surface area contributed by atoms with Crippen LogP contribution < -0.4 is 0 Å². The topological polar surface area (TPSA) is 0 Å². The van der Waals surface area contributed by atoms with Crippen molar-refractivity contribution in [3.63, 3.8) is 0 Å². The average Bonchev–Trinajstić information content (AvgIpc) is 2.26. The van der Waals surface area contributed by atoms with Crippen molar-refractivity contribution in [3.05, 3.63) is 35.5 Å². The van der Waals surface area contributed by atoms with Gasteiger partial charge in [0.2, 0.25) is 0 Å². The minimum absolute atomic E-state index is 0.683. The third-order valence-corrected chi connectivity index (χ3v) is 3.69. The molecule has 16 heavy (non-hydrogen) atoms. The van der Waals surface area contributed by atoms with Gasteiger partial charge in [-0.2, -0.15) is 0 Å². The zero-order valence-electron chi connectivity index (χ0n) is 11.2. The highest BCUT2D eigenvalue weighted by Gasteiger charge is 2.09. The zero-order chi connectivity index (χ0) is 12.0. The largest absolute Gasteiger partial charge is 0.0998 e. The predicted octanol–water partition coefficient (Wildman–Crippen LogP) is 5.43. The van der Waals surface area contributed by atoms with Gasteiger partial charge in [-0.1, -0.05) is 42.4 Å². The van der Waals surface area contributed by atoms with Gasteiger partial charge in [0.1, 0.15) is 0 Å². The maximum absolute atomic E-state index is 4.13. The first-order valence-corrected chi connectivity index (χ1v) is 6.62. The fourth-order valence-electron chi connectivity index (χ4n) is 2.31. The Morgan fingerprint density at radius 2 is 2.12 bits per heavy atom. The second-order valence-corrected chi connectivity index (χ2v) is 5.12. The highest BCUT2D eigenvalue weighted by atomic mass is 14.2. The lowest BCUT2D eigenvalue weighted by molar-refractivity contribution is 0.561. The van der Waals surface area contributed by atoms with Crippen LogP contribution in [0.3, 0.4) is 0 Å². The molecule has 0 radical (unpaired) electrons. The number of allylic oxidation sites excluding steroid dienone is 5. The standard InChI is InChI=1S/C16H26/c1-5-15-8-6-7-14(4)9-11-16(12-10-15)13(2)3/h7,10,16H,2,5-6,8-9,11-12H2,1,3-4H3/b14-7-,15-10-/t16-/m1/s1. The van der Waals surface area contributed by atoms with E-state index in [-0.39, 0.29) is 0 Å². The molecule has 1 aliphatic carbocycles. The van der Waals surface area contributed by atoms with Crippen LogP contribution in [0.5, 0.6) is 0 Å². The molecule has 0 fully saturated rings. The molecule has 0 aliphatic heterocycles. The van der Waals surface area contributed by atoms with Gasteiger partial charge in [-0.05, 0) is 58.3 Å². The second-order valence-electron chi connectivity index (χ2n) is 5.12. The maximum Gasteiger partial charge on any atom is -0.0171 e. The Hall–Kier alpha value is -0.780. The van der Waals surface area contributed by atoms with Crippen LogP contribution in [0.2, 0.25) is 0 Å². The van der Waals surface area contributed by atoms with Crippen LogP contribution in [0.25, 0.3) is 0 Å². The van der Waals surface area contributed by atoms with Crippen molar-refractivity contribution >= 4 is 0 Å². The van der Waals surface area contributed by atoms with E-state index in [4.69, 9.17) is 0 Å². The van der Waals surface area contributed by atoms with Crippen LogP contribution in [0.4, 0.5) is 0 Å². The highest BCUT2D eigenvalue weighted by molar-refractivity contribution is 5.10. The maximum atomic E-state index is 4.13. The first-order chi connectivity index (χ1) is 7.63. The van der Waals surface area contributed by atoms with Crippen LogP contribution in [0.15, 0.2) is 35.5 Å². The number of hydrogen-bond acceptors (Lipinski definition) is 0. The molecule has 90 valence electrons. The molecule has 0 heterocycles. The van der Waals surface area contributed by atoms with Gasteiger partial charge in [0.15, 0.2) is 0 Å². The van der Waals surface area contributed by atoms with E-state index in [1.54, 1.807) is 11.1 Å². The van der Waals surface area contributed by atoms with Crippen LogP contribution in [0.1, 0.15) is 59.3 Å². The lowest BCUT2D eigenvalue weighted by atomic mass is 9.88. The molecule has 1 atom stereocenters. The van der Waals surface area contributed by atoms with Crippen LogP contribution in [-0.2, 0) is 0 Å². The van der Waals surface area contributed by atoms with E-state index >= 15 is 0 Å². The Labute approximate surface area is 101 Å². The lowest BCUT2D eigenvalue weighted by Gasteiger charge is -2.17. The van der Waals surface area contributed by atoms with Crippen molar-refractivity contribution in [3.8, 4) is 0 Å². The van der Waals surface area contributed by atoms with Crippen molar-refractivity contribution in [1.29, 1.82) is 0 Å². The molecule has 0 heteroatoms. The van der Waals surface area contributed by atoms with Crippen molar-refractivity contribution in [1.82, 2.24) is 0 Å². The Balaban J connectivity index is 2.74. The summed E-state index contributed by atoms with van der Waals surface area (Å²) in [5, 5.41) is 0. The summed E-state index contributed by atoms with van der Waals surface area (Å²) in [5.74, 6) is 0.683. The monoisotopic (exact) mass is 218 g/mol.